The SMILES string of the molecule is CCC[C@@H](O[PH](=O)CC(CCC(=O)OCc1ccccc1)C(=O)OCc1ccccc1)c1ccccc1. The van der Waals surface area contributed by atoms with Crippen LogP contribution in [0.25, 0.3) is 0 Å². The Labute approximate surface area is 219 Å². The van der Waals surface area contributed by atoms with Gasteiger partial charge in [0.05, 0.1) is 12.0 Å². The lowest BCUT2D eigenvalue weighted by Crippen LogP contribution is -2.22. The monoisotopic (exact) mass is 522 g/mol. The van der Waals surface area contributed by atoms with Gasteiger partial charge in [0.2, 0.25) is 0 Å². The standard InChI is InChI=1S/C30H35O6P/c1-2-12-28(26-17-10-5-11-18-26)36-37(33)23-27(30(32)35-22-25-15-8-4-9-16-25)19-20-29(31)34-21-24-13-6-3-7-14-24/h3-11,13-18,27-28,37H,2,12,19-23H2,1H3/t27?,28-/m1/s1. The number of carbonyl (C=O) groups is 2. The first-order valence-corrected chi connectivity index (χ1v) is 14.2. The molecule has 0 aliphatic heterocycles. The average molecular weight is 523 g/mol. The van der Waals surface area contributed by atoms with Gasteiger partial charge in [-0.05, 0) is 29.5 Å². The highest BCUT2D eigenvalue weighted by molar-refractivity contribution is 7.39. The van der Waals surface area contributed by atoms with Crippen molar-refractivity contribution in [3.05, 3.63) is 108 Å². The second-order valence-corrected chi connectivity index (χ2v) is 10.2. The van der Waals surface area contributed by atoms with E-state index in [-0.39, 0.29) is 38.3 Å². The number of hydrogen-bond donors (Lipinski definition) is 0. The van der Waals surface area contributed by atoms with Crippen molar-refractivity contribution in [2.24, 2.45) is 5.92 Å². The Balaban J connectivity index is 1.60. The van der Waals surface area contributed by atoms with Gasteiger partial charge in [0, 0.05) is 12.6 Å². The summed E-state index contributed by atoms with van der Waals surface area (Å²) in [6.45, 7) is 2.32. The molecule has 0 saturated carbocycles. The fourth-order valence-electron chi connectivity index (χ4n) is 3.88. The van der Waals surface area contributed by atoms with E-state index >= 15 is 0 Å². The maximum atomic E-state index is 13.1. The molecular weight excluding hydrogens is 487 g/mol. The van der Waals surface area contributed by atoms with Gasteiger partial charge in [0.1, 0.15) is 13.2 Å². The lowest BCUT2D eigenvalue weighted by Gasteiger charge is -2.20. The van der Waals surface area contributed by atoms with E-state index in [0.29, 0.717) is 0 Å². The third kappa shape index (κ3) is 10.4. The van der Waals surface area contributed by atoms with Gasteiger partial charge in [-0.3, -0.25) is 14.2 Å². The quantitative estimate of drug-likeness (QED) is 0.160. The smallest absolute Gasteiger partial charge is 0.309 e. The lowest BCUT2D eigenvalue weighted by atomic mass is 10.1. The van der Waals surface area contributed by atoms with Crippen LogP contribution in [0.5, 0.6) is 0 Å². The van der Waals surface area contributed by atoms with Gasteiger partial charge in [-0.15, -0.1) is 0 Å². The topological polar surface area (TPSA) is 78.9 Å². The Morgan fingerprint density at radius 1 is 0.757 bits per heavy atom. The molecule has 0 heterocycles. The van der Waals surface area contributed by atoms with Crippen LogP contribution >= 0.6 is 8.03 Å². The Hall–Kier alpha value is -3.21. The number of ether oxygens (including phenoxy) is 2. The Morgan fingerprint density at radius 3 is 1.86 bits per heavy atom. The third-order valence-corrected chi connectivity index (χ3v) is 7.28. The molecule has 0 aromatic heterocycles. The van der Waals surface area contributed by atoms with Crippen LogP contribution in [0.15, 0.2) is 91.0 Å². The predicted octanol–water partition coefficient (Wildman–Crippen LogP) is 6.90. The summed E-state index contributed by atoms with van der Waals surface area (Å²) in [5, 5.41) is 0. The fraction of sp³-hybridized carbons (Fsp3) is 0.333. The first-order valence-electron chi connectivity index (χ1n) is 12.7. The van der Waals surface area contributed by atoms with E-state index in [1.54, 1.807) is 0 Å². The third-order valence-electron chi connectivity index (χ3n) is 5.91. The first-order chi connectivity index (χ1) is 18.0. The Bertz CT molecular complexity index is 1100. The molecule has 2 unspecified atom stereocenters. The molecule has 0 radical (unpaired) electrons. The summed E-state index contributed by atoms with van der Waals surface area (Å²) in [5.41, 5.74) is 2.69. The van der Waals surface area contributed by atoms with Gasteiger partial charge in [-0.1, -0.05) is 104 Å². The van der Waals surface area contributed by atoms with Crippen molar-refractivity contribution in [3.63, 3.8) is 0 Å². The van der Waals surface area contributed by atoms with Crippen LogP contribution in [-0.2, 0) is 41.4 Å². The molecule has 0 spiro atoms. The summed E-state index contributed by atoms with van der Waals surface area (Å²) in [6, 6.07) is 28.4. The second kappa shape index (κ2) is 15.8. The average Bonchev–Trinajstić information content (AvgIpc) is 2.94. The van der Waals surface area contributed by atoms with Gasteiger partial charge in [-0.2, -0.15) is 0 Å². The summed E-state index contributed by atoms with van der Waals surface area (Å²) in [5.74, 6) is -1.65. The molecule has 7 heteroatoms. The molecule has 0 amide bonds. The van der Waals surface area contributed by atoms with Crippen molar-refractivity contribution in [1.82, 2.24) is 0 Å². The summed E-state index contributed by atoms with van der Waals surface area (Å²) in [6.07, 6.45) is 1.47. The molecule has 3 rings (SSSR count). The zero-order valence-corrected chi connectivity index (χ0v) is 22.2. The van der Waals surface area contributed by atoms with Crippen molar-refractivity contribution >= 4 is 20.0 Å². The van der Waals surface area contributed by atoms with Gasteiger partial charge in [0.25, 0.3) is 0 Å². The van der Waals surface area contributed by atoms with Crippen molar-refractivity contribution in [1.29, 1.82) is 0 Å². The summed E-state index contributed by atoms with van der Waals surface area (Å²) < 4.78 is 29.9. The number of rotatable bonds is 15. The van der Waals surface area contributed by atoms with E-state index in [4.69, 9.17) is 14.0 Å². The molecule has 0 N–H and O–H groups in total. The molecule has 0 bridgehead atoms. The minimum Gasteiger partial charge on any atom is -0.461 e. The van der Waals surface area contributed by atoms with Crippen LogP contribution in [0.2, 0.25) is 0 Å². The number of benzene rings is 3. The maximum absolute atomic E-state index is 13.1. The summed E-state index contributed by atoms with van der Waals surface area (Å²) >= 11 is 0. The predicted molar refractivity (Wildman–Crippen MR) is 144 cm³/mol. The van der Waals surface area contributed by atoms with Gasteiger partial charge in [0.15, 0.2) is 8.03 Å². The molecule has 0 saturated heterocycles. The number of hydrogen-bond acceptors (Lipinski definition) is 6. The molecule has 37 heavy (non-hydrogen) atoms. The van der Waals surface area contributed by atoms with Crippen LogP contribution in [0, 0.1) is 5.92 Å². The van der Waals surface area contributed by atoms with Crippen LogP contribution in [-0.4, -0.2) is 18.1 Å². The molecular formula is C30H35O6P. The normalized spacial score (nSPS) is 13.3. The van der Waals surface area contributed by atoms with Crippen molar-refractivity contribution < 1.29 is 28.2 Å². The van der Waals surface area contributed by atoms with Crippen molar-refractivity contribution in [2.45, 2.75) is 51.9 Å². The van der Waals surface area contributed by atoms with Crippen molar-refractivity contribution in [2.75, 3.05) is 6.16 Å². The second-order valence-electron chi connectivity index (χ2n) is 8.86. The largest absolute Gasteiger partial charge is 0.461 e. The zero-order chi connectivity index (χ0) is 26.3. The van der Waals surface area contributed by atoms with Crippen LogP contribution in [0.4, 0.5) is 0 Å². The maximum Gasteiger partial charge on any atom is 0.309 e. The minimum absolute atomic E-state index is 0.0112. The molecule has 6 nitrogen and oxygen atoms in total. The van der Waals surface area contributed by atoms with Crippen LogP contribution in [0.3, 0.4) is 0 Å². The molecule has 3 atom stereocenters. The van der Waals surface area contributed by atoms with E-state index in [9.17, 15) is 14.2 Å². The van der Waals surface area contributed by atoms with Crippen LogP contribution in [0.1, 0.15) is 55.4 Å². The molecule has 196 valence electrons. The van der Waals surface area contributed by atoms with Crippen LogP contribution < -0.4 is 0 Å². The highest BCUT2D eigenvalue weighted by atomic mass is 31.1. The highest BCUT2D eigenvalue weighted by Crippen LogP contribution is 2.37. The molecule has 3 aromatic rings. The summed E-state index contributed by atoms with van der Waals surface area (Å²) in [4.78, 5) is 25.4. The fourth-order valence-corrected chi connectivity index (χ4v) is 5.32. The first kappa shape index (κ1) is 28.4. The lowest BCUT2D eigenvalue weighted by molar-refractivity contribution is -0.150. The summed E-state index contributed by atoms with van der Waals surface area (Å²) in [7, 11) is -2.59. The van der Waals surface area contributed by atoms with Gasteiger partial charge < -0.3 is 14.0 Å². The van der Waals surface area contributed by atoms with E-state index < -0.39 is 25.9 Å². The van der Waals surface area contributed by atoms with E-state index in [1.807, 2.05) is 97.9 Å². The molecule has 0 fully saturated rings. The Kier molecular flexibility index (Phi) is 12.1. The van der Waals surface area contributed by atoms with E-state index in [0.717, 1.165) is 29.5 Å². The number of carbonyl (C=O) groups excluding carboxylic acids is 2. The van der Waals surface area contributed by atoms with E-state index in [1.165, 1.54) is 0 Å². The van der Waals surface area contributed by atoms with E-state index in [2.05, 4.69) is 0 Å². The molecule has 3 aromatic carbocycles. The van der Waals surface area contributed by atoms with Gasteiger partial charge in [-0.25, -0.2) is 0 Å². The highest BCUT2D eigenvalue weighted by Gasteiger charge is 2.26. The molecule has 0 aliphatic rings. The zero-order valence-electron chi connectivity index (χ0n) is 21.2. The number of esters is 2. The van der Waals surface area contributed by atoms with Gasteiger partial charge >= 0.3 is 11.9 Å². The minimum atomic E-state index is -2.59. The Morgan fingerprint density at radius 2 is 1.30 bits per heavy atom. The molecule has 0 aliphatic carbocycles. The van der Waals surface area contributed by atoms with Crippen molar-refractivity contribution in [3.8, 4) is 0 Å².